The summed E-state index contributed by atoms with van der Waals surface area (Å²) in [7, 11) is 0. The van der Waals surface area contributed by atoms with Crippen LogP contribution in [0.25, 0.3) is 0 Å². The molecule has 0 aliphatic heterocycles. The molecule has 0 aromatic carbocycles. The molecule has 10 nitrogen and oxygen atoms in total. The molecule has 0 saturated heterocycles. The first kappa shape index (κ1) is 17.1. The maximum atomic E-state index is 11.5. The van der Waals surface area contributed by atoms with Gasteiger partial charge in [0.25, 0.3) is 11.5 Å². The number of ether oxygens (including phenoxy) is 1. The molecule has 22 heavy (non-hydrogen) atoms. The molecule has 3 amide bonds. The van der Waals surface area contributed by atoms with Gasteiger partial charge in [-0.15, -0.1) is 0 Å². The van der Waals surface area contributed by atoms with Gasteiger partial charge in [0.1, 0.15) is 6.54 Å². The van der Waals surface area contributed by atoms with Crippen LogP contribution in [-0.2, 0) is 20.9 Å². The van der Waals surface area contributed by atoms with Gasteiger partial charge in [0.15, 0.2) is 6.61 Å². The minimum Gasteiger partial charge on any atom is -0.454 e. The number of amides is 3. The maximum Gasteiger partial charge on any atom is 0.328 e. The largest absolute Gasteiger partial charge is 0.454 e. The number of rotatable bonds is 5. The maximum absolute atomic E-state index is 11.5. The monoisotopic (exact) mass is 312 g/mol. The molecule has 1 aromatic rings. The number of urea groups is 1. The zero-order valence-electron chi connectivity index (χ0n) is 12.0. The summed E-state index contributed by atoms with van der Waals surface area (Å²) in [6.45, 7) is 2.29. The zero-order chi connectivity index (χ0) is 16.7. The van der Waals surface area contributed by atoms with Gasteiger partial charge in [0.05, 0.1) is 0 Å². The van der Waals surface area contributed by atoms with Crippen LogP contribution >= 0.6 is 0 Å². The lowest BCUT2D eigenvalue weighted by Crippen LogP contribution is -2.44. The quantitative estimate of drug-likeness (QED) is 0.555. The van der Waals surface area contributed by atoms with Crippen LogP contribution in [0.2, 0.25) is 0 Å². The minimum atomic E-state index is -0.867. The third-order valence-corrected chi connectivity index (χ3v) is 2.23. The van der Waals surface area contributed by atoms with Crippen molar-refractivity contribution in [2.75, 3.05) is 6.61 Å². The highest BCUT2D eigenvalue weighted by Gasteiger charge is 2.12. The predicted octanol–water partition coefficient (Wildman–Crippen LogP) is -1.69. The number of H-pyrrole nitrogens is 1. The Kier molecular flexibility index (Phi) is 6.05. The lowest BCUT2D eigenvalue weighted by molar-refractivity contribution is -0.148. The molecule has 0 aliphatic rings. The van der Waals surface area contributed by atoms with Crippen molar-refractivity contribution in [3.8, 4) is 0 Å². The van der Waals surface area contributed by atoms with Crippen molar-refractivity contribution in [1.82, 2.24) is 20.2 Å². The number of aromatic nitrogens is 2. The second kappa shape index (κ2) is 7.76. The molecule has 0 spiro atoms. The molecule has 1 heterocycles. The molecule has 0 unspecified atom stereocenters. The second-order valence-corrected chi connectivity index (χ2v) is 4.58. The summed E-state index contributed by atoms with van der Waals surface area (Å²) in [5.41, 5.74) is -1.37. The van der Waals surface area contributed by atoms with Gasteiger partial charge in [-0.3, -0.25) is 29.3 Å². The van der Waals surface area contributed by atoms with E-state index in [2.05, 4.69) is 10.1 Å². The van der Waals surface area contributed by atoms with E-state index in [1.807, 2.05) is 10.3 Å². The fourth-order valence-electron chi connectivity index (χ4n) is 1.36. The van der Waals surface area contributed by atoms with E-state index in [1.54, 1.807) is 13.8 Å². The average molecular weight is 312 g/mol. The summed E-state index contributed by atoms with van der Waals surface area (Å²) in [5, 5.41) is 4.39. The molecule has 0 saturated carbocycles. The fourth-order valence-corrected chi connectivity index (χ4v) is 1.36. The van der Waals surface area contributed by atoms with E-state index in [-0.39, 0.29) is 6.04 Å². The number of carbonyl (C=O) groups excluding carboxylic acids is 3. The Morgan fingerprint density at radius 3 is 2.59 bits per heavy atom. The van der Waals surface area contributed by atoms with Crippen molar-refractivity contribution < 1.29 is 19.1 Å². The summed E-state index contributed by atoms with van der Waals surface area (Å²) in [5.74, 6) is -1.67. The summed E-state index contributed by atoms with van der Waals surface area (Å²) >= 11 is 0. The SMILES string of the molecule is CC(C)NC(=O)NC(=O)COC(=O)Cn1ccc(=O)[nH]c1=O. The first-order valence-electron chi connectivity index (χ1n) is 6.33. The average Bonchev–Trinajstić information content (AvgIpc) is 2.38. The van der Waals surface area contributed by atoms with Crippen LogP contribution in [0.3, 0.4) is 0 Å². The van der Waals surface area contributed by atoms with E-state index in [1.165, 1.54) is 0 Å². The third kappa shape index (κ3) is 6.03. The lowest BCUT2D eigenvalue weighted by atomic mass is 10.4. The Bertz CT molecular complexity index is 675. The molecule has 10 heteroatoms. The van der Waals surface area contributed by atoms with E-state index in [9.17, 15) is 24.0 Å². The summed E-state index contributed by atoms with van der Waals surface area (Å²) in [6, 6.07) is 0.216. The van der Waals surface area contributed by atoms with Gasteiger partial charge in [0.2, 0.25) is 0 Å². The van der Waals surface area contributed by atoms with Gasteiger partial charge >= 0.3 is 17.7 Å². The molecular weight excluding hydrogens is 296 g/mol. The Hall–Kier alpha value is -2.91. The van der Waals surface area contributed by atoms with E-state index in [0.717, 1.165) is 16.8 Å². The number of nitrogens with zero attached hydrogens (tertiary/aromatic N) is 1. The number of imide groups is 1. The molecule has 0 aliphatic carbocycles. The number of hydrogen-bond acceptors (Lipinski definition) is 6. The van der Waals surface area contributed by atoms with E-state index in [0.29, 0.717) is 0 Å². The van der Waals surface area contributed by atoms with Crippen LogP contribution in [0, 0.1) is 0 Å². The van der Waals surface area contributed by atoms with Crippen LogP contribution in [0.1, 0.15) is 13.8 Å². The van der Waals surface area contributed by atoms with Crippen molar-refractivity contribution in [1.29, 1.82) is 0 Å². The Morgan fingerprint density at radius 2 is 2.00 bits per heavy atom. The molecule has 1 aromatic heterocycles. The van der Waals surface area contributed by atoms with E-state index >= 15 is 0 Å². The van der Waals surface area contributed by atoms with Crippen molar-refractivity contribution in [2.45, 2.75) is 26.4 Å². The summed E-state index contributed by atoms with van der Waals surface area (Å²) in [6.07, 6.45) is 1.12. The number of aromatic amines is 1. The number of hydrogen-bond donors (Lipinski definition) is 3. The fraction of sp³-hybridized carbons (Fsp3) is 0.417. The highest BCUT2D eigenvalue weighted by molar-refractivity contribution is 5.95. The molecule has 0 bridgehead atoms. The van der Waals surface area contributed by atoms with E-state index in [4.69, 9.17) is 0 Å². The molecular formula is C12H16N4O6. The minimum absolute atomic E-state index is 0.150. The molecule has 1 rings (SSSR count). The normalized spacial score (nSPS) is 10.1. The van der Waals surface area contributed by atoms with E-state index < -0.39 is 42.3 Å². The molecule has 0 radical (unpaired) electrons. The third-order valence-electron chi connectivity index (χ3n) is 2.23. The highest BCUT2D eigenvalue weighted by Crippen LogP contribution is 1.85. The molecule has 0 atom stereocenters. The van der Waals surface area contributed by atoms with Crippen molar-refractivity contribution in [3.63, 3.8) is 0 Å². The first-order chi connectivity index (χ1) is 10.3. The zero-order valence-corrected chi connectivity index (χ0v) is 12.0. The van der Waals surface area contributed by atoms with Crippen LogP contribution in [0.5, 0.6) is 0 Å². The van der Waals surface area contributed by atoms with Crippen LogP contribution in [0.4, 0.5) is 4.79 Å². The summed E-state index contributed by atoms with van der Waals surface area (Å²) < 4.78 is 5.53. The number of esters is 1. The molecule has 0 fully saturated rings. The lowest BCUT2D eigenvalue weighted by Gasteiger charge is -2.09. The van der Waals surface area contributed by atoms with Gasteiger partial charge in [-0.1, -0.05) is 0 Å². The second-order valence-electron chi connectivity index (χ2n) is 4.58. The topological polar surface area (TPSA) is 139 Å². The molecule has 3 N–H and O–H groups in total. The highest BCUT2D eigenvalue weighted by atomic mass is 16.5. The predicted molar refractivity (Wildman–Crippen MR) is 74.1 cm³/mol. The van der Waals surface area contributed by atoms with Crippen LogP contribution in [-0.4, -0.2) is 40.1 Å². The Morgan fingerprint density at radius 1 is 1.32 bits per heavy atom. The summed E-state index contributed by atoms with van der Waals surface area (Å²) in [4.78, 5) is 58.2. The van der Waals surface area contributed by atoms with Gasteiger partial charge < -0.3 is 10.1 Å². The van der Waals surface area contributed by atoms with Gasteiger partial charge in [0, 0.05) is 18.3 Å². The van der Waals surface area contributed by atoms with Crippen molar-refractivity contribution >= 4 is 17.9 Å². The number of nitrogens with one attached hydrogen (secondary N) is 3. The molecule has 120 valence electrons. The van der Waals surface area contributed by atoms with Crippen LogP contribution < -0.4 is 21.9 Å². The Balaban J connectivity index is 2.43. The smallest absolute Gasteiger partial charge is 0.328 e. The standard InChI is InChI=1S/C12H16N4O6/c1-7(2)13-11(20)14-9(18)6-22-10(19)5-16-4-3-8(17)15-12(16)21/h3-4,7H,5-6H2,1-2H3,(H,15,17,21)(H2,13,14,18,20). The van der Waals surface area contributed by atoms with Gasteiger partial charge in [-0.05, 0) is 13.8 Å². The van der Waals surface area contributed by atoms with Crippen molar-refractivity contribution in [3.05, 3.63) is 33.1 Å². The van der Waals surface area contributed by atoms with Gasteiger partial charge in [-0.25, -0.2) is 9.59 Å². The van der Waals surface area contributed by atoms with Crippen molar-refractivity contribution in [2.24, 2.45) is 0 Å². The van der Waals surface area contributed by atoms with Crippen LogP contribution in [0.15, 0.2) is 21.9 Å². The first-order valence-corrected chi connectivity index (χ1v) is 6.33. The number of carbonyl (C=O) groups is 3. The Labute approximate surface area is 124 Å². The van der Waals surface area contributed by atoms with Gasteiger partial charge in [-0.2, -0.15) is 0 Å².